The molecule has 4 amide bonds. The van der Waals surface area contributed by atoms with Gasteiger partial charge in [0.25, 0.3) is 5.91 Å². The molecule has 1 aliphatic rings. The number of hydrogen-bond acceptors (Lipinski definition) is 5. The van der Waals surface area contributed by atoms with Crippen LogP contribution in [0.15, 0.2) is 60.7 Å². The number of imide groups is 1. The van der Waals surface area contributed by atoms with E-state index < -0.39 is 29.9 Å². The lowest BCUT2D eigenvalue weighted by Crippen LogP contribution is -2.42. The van der Waals surface area contributed by atoms with Crippen LogP contribution >= 0.6 is 0 Å². The second-order valence-electron chi connectivity index (χ2n) is 7.90. The van der Waals surface area contributed by atoms with Crippen molar-refractivity contribution in [2.45, 2.75) is 26.3 Å². The fourth-order valence-corrected chi connectivity index (χ4v) is 3.26. The van der Waals surface area contributed by atoms with Gasteiger partial charge in [0.1, 0.15) is 24.4 Å². The number of nitrogens with one attached hydrogen (secondary N) is 2. The van der Waals surface area contributed by atoms with Gasteiger partial charge in [-0.05, 0) is 68.3 Å². The van der Waals surface area contributed by atoms with Gasteiger partial charge in [-0.1, -0.05) is 18.7 Å². The topological polar surface area (TPSA) is 105 Å². The van der Waals surface area contributed by atoms with Gasteiger partial charge in [0.15, 0.2) is 5.78 Å². The van der Waals surface area contributed by atoms with Crippen molar-refractivity contribution in [3.63, 3.8) is 0 Å². The fourth-order valence-electron chi connectivity index (χ4n) is 3.26. The minimum Gasteiger partial charge on any atom is -0.489 e. The summed E-state index contributed by atoms with van der Waals surface area (Å²) in [5.74, 6) is -0.530. The van der Waals surface area contributed by atoms with Gasteiger partial charge < -0.3 is 15.4 Å². The van der Waals surface area contributed by atoms with E-state index in [2.05, 4.69) is 17.2 Å². The standard InChI is InChI=1S/C24H25N3O5/c1-15(2)14-32-20-11-7-18(8-12-20)24(4)22(30)27(23(31)26-24)13-21(29)25-19-9-5-17(6-10-19)16(3)28/h5-12H,1,13-14H2,2-4H3,(H,25,29)(H,26,31). The fraction of sp³-hybridized carbons (Fsp3) is 0.250. The Balaban J connectivity index is 1.67. The van der Waals surface area contributed by atoms with Crippen molar-refractivity contribution in [1.29, 1.82) is 0 Å². The van der Waals surface area contributed by atoms with Gasteiger partial charge in [0.2, 0.25) is 5.91 Å². The monoisotopic (exact) mass is 435 g/mol. The number of Topliss-reactive ketones (excluding diaryl/α,β-unsaturated/α-hetero) is 1. The SMILES string of the molecule is C=C(C)COc1ccc(C2(C)NC(=O)N(CC(=O)Nc3ccc(C(C)=O)cc3)C2=O)cc1. The van der Waals surface area contributed by atoms with Crippen LogP contribution in [0.2, 0.25) is 0 Å². The van der Waals surface area contributed by atoms with Crippen LogP contribution in [0.3, 0.4) is 0 Å². The number of ketones is 1. The lowest BCUT2D eigenvalue weighted by atomic mass is 9.92. The van der Waals surface area contributed by atoms with Gasteiger partial charge >= 0.3 is 6.03 Å². The molecule has 2 aromatic rings. The summed E-state index contributed by atoms with van der Waals surface area (Å²) in [5.41, 5.74) is 1.13. The number of carbonyl (C=O) groups is 4. The Bertz CT molecular complexity index is 1080. The summed E-state index contributed by atoms with van der Waals surface area (Å²) in [6, 6.07) is 12.5. The van der Waals surface area contributed by atoms with Crippen LogP contribution in [0.25, 0.3) is 0 Å². The Morgan fingerprint density at radius 2 is 1.69 bits per heavy atom. The molecule has 1 atom stereocenters. The van der Waals surface area contributed by atoms with Gasteiger partial charge in [-0.2, -0.15) is 0 Å². The van der Waals surface area contributed by atoms with E-state index in [1.54, 1.807) is 55.5 Å². The van der Waals surface area contributed by atoms with E-state index >= 15 is 0 Å². The molecule has 3 rings (SSSR count). The van der Waals surface area contributed by atoms with Crippen LogP contribution in [-0.2, 0) is 15.1 Å². The average Bonchev–Trinajstić information content (AvgIpc) is 2.97. The minimum atomic E-state index is -1.30. The molecule has 1 fully saturated rings. The quantitative estimate of drug-likeness (QED) is 0.376. The molecule has 8 nitrogen and oxygen atoms in total. The summed E-state index contributed by atoms with van der Waals surface area (Å²) in [6.45, 7) is 8.62. The molecule has 8 heteroatoms. The first-order valence-corrected chi connectivity index (χ1v) is 10.0. The van der Waals surface area contributed by atoms with Crippen LogP contribution in [0.1, 0.15) is 36.7 Å². The van der Waals surface area contributed by atoms with E-state index in [1.807, 2.05) is 6.92 Å². The molecule has 0 spiro atoms. The molecule has 0 bridgehead atoms. The predicted octanol–water partition coefficient (Wildman–Crippen LogP) is 3.25. The zero-order valence-corrected chi connectivity index (χ0v) is 18.2. The molecule has 32 heavy (non-hydrogen) atoms. The van der Waals surface area contributed by atoms with E-state index in [0.29, 0.717) is 29.2 Å². The maximum Gasteiger partial charge on any atom is 0.325 e. The third-order valence-electron chi connectivity index (χ3n) is 5.07. The molecule has 1 aliphatic heterocycles. The third-order valence-corrected chi connectivity index (χ3v) is 5.07. The van der Waals surface area contributed by atoms with Crippen LogP contribution in [0, 0.1) is 0 Å². The first-order chi connectivity index (χ1) is 15.1. The lowest BCUT2D eigenvalue weighted by Gasteiger charge is -2.22. The summed E-state index contributed by atoms with van der Waals surface area (Å²) in [6.07, 6.45) is 0. The largest absolute Gasteiger partial charge is 0.489 e. The van der Waals surface area contributed by atoms with Crippen molar-refractivity contribution in [1.82, 2.24) is 10.2 Å². The van der Waals surface area contributed by atoms with Gasteiger partial charge in [-0.15, -0.1) is 0 Å². The highest BCUT2D eigenvalue weighted by Crippen LogP contribution is 2.30. The van der Waals surface area contributed by atoms with Crippen LogP contribution in [-0.4, -0.2) is 41.7 Å². The van der Waals surface area contributed by atoms with E-state index in [1.165, 1.54) is 6.92 Å². The number of amides is 4. The van der Waals surface area contributed by atoms with Crippen LogP contribution in [0.5, 0.6) is 5.75 Å². The molecule has 0 radical (unpaired) electrons. The Hall–Kier alpha value is -3.94. The Kier molecular flexibility index (Phi) is 6.43. The smallest absolute Gasteiger partial charge is 0.325 e. The third kappa shape index (κ3) is 4.85. The summed E-state index contributed by atoms with van der Waals surface area (Å²) in [7, 11) is 0. The molecular formula is C24H25N3O5. The summed E-state index contributed by atoms with van der Waals surface area (Å²) >= 11 is 0. The average molecular weight is 435 g/mol. The highest BCUT2D eigenvalue weighted by atomic mass is 16.5. The summed E-state index contributed by atoms with van der Waals surface area (Å²) in [5, 5.41) is 5.30. The number of benzene rings is 2. The Labute approximate surface area is 186 Å². The minimum absolute atomic E-state index is 0.0862. The van der Waals surface area contributed by atoms with Crippen LogP contribution < -0.4 is 15.4 Å². The molecule has 0 saturated carbocycles. The van der Waals surface area contributed by atoms with Crippen molar-refractivity contribution in [2.24, 2.45) is 0 Å². The summed E-state index contributed by atoms with van der Waals surface area (Å²) < 4.78 is 5.56. The number of urea groups is 1. The number of rotatable bonds is 8. The molecule has 0 aromatic heterocycles. The Morgan fingerprint density at radius 1 is 1.06 bits per heavy atom. The number of anilines is 1. The maximum absolute atomic E-state index is 13.0. The van der Waals surface area contributed by atoms with Gasteiger partial charge in [0, 0.05) is 11.3 Å². The first kappa shape index (κ1) is 22.7. The zero-order valence-electron chi connectivity index (χ0n) is 18.2. The van der Waals surface area contributed by atoms with Crippen molar-refractivity contribution < 1.29 is 23.9 Å². The Morgan fingerprint density at radius 3 is 2.25 bits per heavy atom. The van der Waals surface area contributed by atoms with E-state index in [0.717, 1.165) is 10.5 Å². The molecular weight excluding hydrogens is 410 g/mol. The van der Waals surface area contributed by atoms with E-state index in [4.69, 9.17) is 4.74 Å². The number of carbonyl (C=O) groups excluding carboxylic acids is 4. The van der Waals surface area contributed by atoms with Crippen molar-refractivity contribution in [3.8, 4) is 5.75 Å². The molecule has 1 saturated heterocycles. The molecule has 0 aliphatic carbocycles. The zero-order chi connectivity index (χ0) is 23.5. The number of hydrogen-bond donors (Lipinski definition) is 2. The molecule has 1 unspecified atom stereocenters. The highest BCUT2D eigenvalue weighted by Gasteiger charge is 2.49. The predicted molar refractivity (Wildman–Crippen MR) is 119 cm³/mol. The highest BCUT2D eigenvalue weighted by molar-refractivity contribution is 6.10. The van der Waals surface area contributed by atoms with Crippen molar-refractivity contribution >= 4 is 29.3 Å². The van der Waals surface area contributed by atoms with Gasteiger partial charge in [-0.3, -0.25) is 19.3 Å². The van der Waals surface area contributed by atoms with Crippen molar-refractivity contribution in [2.75, 3.05) is 18.5 Å². The van der Waals surface area contributed by atoms with Gasteiger partial charge in [-0.25, -0.2) is 4.79 Å². The normalized spacial score (nSPS) is 17.7. The van der Waals surface area contributed by atoms with E-state index in [9.17, 15) is 19.2 Å². The molecule has 2 N–H and O–H groups in total. The van der Waals surface area contributed by atoms with Gasteiger partial charge in [0.05, 0.1) is 0 Å². The molecule has 2 aromatic carbocycles. The first-order valence-electron chi connectivity index (χ1n) is 10.0. The lowest BCUT2D eigenvalue weighted by molar-refractivity contribution is -0.133. The van der Waals surface area contributed by atoms with Crippen molar-refractivity contribution in [3.05, 3.63) is 71.8 Å². The molecule has 1 heterocycles. The van der Waals surface area contributed by atoms with E-state index in [-0.39, 0.29) is 5.78 Å². The molecule has 166 valence electrons. The maximum atomic E-state index is 13.0. The second-order valence-corrected chi connectivity index (χ2v) is 7.90. The summed E-state index contributed by atoms with van der Waals surface area (Å²) in [4.78, 5) is 50.1. The second kappa shape index (κ2) is 9.05. The van der Waals surface area contributed by atoms with Crippen LogP contribution in [0.4, 0.5) is 10.5 Å². The number of nitrogens with zero attached hydrogens (tertiary/aromatic N) is 1. The number of ether oxygens (including phenoxy) is 1.